The van der Waals surface area contributed by atoms with Crippen LogP contribution in [0.15, 0.2) is 79.3 Å². The molecule has 1 N–H and O–H groups in total. The van der Waals surface area contributed by atoms with Crippen molar-refractivity contribution in [1.29, 1.82) is 0 Å². The molecular formula is C26H24N4O2. The normalized spacial score (nSPS) is 16.5. The second-order valence-electron chi connectivity index (χ2n) is 7.88. The molecule has 160 valence electrons. The van der Waals surface area contributed by atoms with Gasteiger partial charge in [-0.3, -0.25) is 4.79 Å². The van der Waals surface area contributed by atoms with Crippen molar-refractivity contribution < 1.29 is 9.53 Å². The van der Waals surface area contributed by atoms with E-state index in [-0.39, 0.29) is 12.0 Å². The van der Waals surface area contributed by atoms with Crippen LogP contribution in [0.5, 0.6) is 5.88 Å². The van der Waals surface area contributed by atoms with Gasteiger partial charge in [-0.1, -0.05) is 60.7 Å². The Hall–Kier alpha value is -3.93. The number of likely N-dealkylation sites (tertiary alicyclic amines) is 1. The van der Waals surface area contributed by atoms with Gasteiger partial charge in [-0.15, -0.1) is 0 Å². The number of amides is 1. The van der Waals surface area contributed by atoms with Crippen molar-refractivity contribution in [2.75, 3.05) is 13.1 Å². The van der Waals surface area contributed by atoms with Crippen LogP contribution in [0.2, 0.25) is 0 Å². The highest BCUT2D eigenvalue weighted by molar-refractivity contribution is 5.97. The van der Waals surface area contributed by atoms with E-state index in [0.29, 0.717) is 12.4 Å². The Kier molecular flexibility index (Phi) is 5.66. The molecule has 1 amide bonds. The molecule has 1 fully saturated rings. The fourth-order valence-electron chi connectivity index (χ4n) is 4.10. The standard InChI is InChI=1S/C26H24N4O2/c31-23(14-13-19-8-3-1-4-9-19)30-15-7-12-21(17-30)32-26-24-22(20-10-5-2-6-11-20)16-27-25(24)28-18-29-26/h1-6,8-11,13-14,16,18,21H,7,12,15,17H2,(H,27,28,29)/b14-13+/t21-/m1/s1. The van der Waals surface area contributed by atoms with Crippen molar-refractivity contribution in [3.8, 4) is 17.0 Å². The molecule has 1 saturated heterocycles. The monoisotopic (exact) mass is 424 g/mol. The number of hydrogen-bond acceptors (Lipinski definition) is 4. The minimum atomic E-state index is -0.116. The molecule has 1 aliphatic heterocycles. The van der Waals surface area contributed by atoms with Crippen molar-refractivity contribution in [3.05, 3.63) is 84.8 Å². The highest BCUT2D eigenvalue weighted by Crippen LogP contribution is 2.34. The third-order valence-electron chi connectivity index (χ3n) is 5.71. The first-order chi connectivity index (χ1) is 15.8. The Balaban J connectivity index is 1.34. The summed E-state index contributed by atoms with van der Waals surface area (Å²) in [5, 5.41) is 0.867. The van der Waals surface area contributed by atoms with E-state index in [1.54, 1.807) is 6.08 Å². The Bertz CT molecular complexity index is 1230. The maximum Gasteiger partial charge on any atom is 0.246 e. The van der Waals surface area contributed by atoms with Gasteiger partial charge in [0.15, 0.2) is 0 Å². The highest BCUT2D eigenvalue weighted by Gasteiger charge is 2.25. The molecule has 0 radical (unpaired) electrons. The van der Waals surface area contributed by atoms with Gasteiger partial charge in [-0.25, -0.2) is 9.97 Å². The van der Waals surface area contributed by atoms with Crippen LogP contribution < -0.4 is 4.74 Å². The summed E-state index contributed by atoms with van der Waals surface area (Å²) in [5.74, 6) is 0.552. The van der Waals surface area contributed by atoms with Crippen molar-refractivity contribution in [2.45, 2.75) is 18.9 Å². The summed E-state index contributed by atoms with van der Waals surface area (Å²) in [5.41, 5.74) is 3.83. The molecule has 0 bridgehead atoms. The van der Waals surface area contributed by atoms with Gasteiger partial charge in [-0.05, 0) is 30.0 Å². The number of carbonyl (C=O) groups is 1. The zero-order chi connectivity index (χ0) is 21.8. The van der Waals surface area contributed by atoms with Crippen molar-refractivity contribution >= 4 is 23.0 Å². The number of nitrogens with zero attached hydrogens (tertiary/aromatic N) is 3. The van der Waals surface area contributed by atoms with Gasteiger partial charge in [0.1, 0.15) is 18.1 Å². The lowest BCUT2D eigenvalue weighted by molar-refractivity contribution is -0.128. The largest absolute Gasteiger partial charge is 0.472 e. The number of hydrogen-bond donors (Lipinski definition) is 1. The van der Waals surface area contributed by atoms with Gasteiger partial charge in [0, 0.05) is 24.4 Å². The number of rotatable bonds is 5. The van der Waals surface area contributed by atoms with Crippen LogP contribution in [-0.2, 0) is 4.79 Å². The van der Waals surface area contributed by atoms with E-state index < -0.39 is 0 Å². The SMILES string of the molecule is O=C(/C=C/c1ccccc1)N1CCC[C@@H](Oc2ncnc3[nH]cc(-c4ccccc4)c23)C1. The third-order valence-corrected chi connectivity index (χ3v) is 5.71. The molecule has 2 aromatic heterocycles. The average Bonchev–Trinajstić information content (AvgIpc) is 3.29. The molecule has 5 rings (SSSR count). The first-order valence-corrected chi connectivity index (χ1v) is 10.8. The number of H-pyrrole nitrogens is 1. The van der Waals surface area contributed by atoms with E-state index in [1.807, 2.05) is 65.7 Å². The van der Waals surface area contributed by atoms with Gasteiger partial charge in [-0.2, -0.15) is 0 Å². The average molecular weight is 425 g/mol. The molecule has 0 spiro atoms. The molecule has 2 aromatic carbocycles. The molecule has 1 atom stereocenters. The quantitative estimate of drug-likeness (QED) is 0.471. The highest BCUT2D eigenvalue weighted by atomic mass is 16.5. The van der Waals surface area contributed by atoms with E-state index in [0.717, 1.165) is 47.1 Å². The van der Waals surface area contributed by atoms with E-state index in [1.165, 1.54) is 6.33 Å². The van der Waals surface area contributed by atoms with Crippen LogP contribution in [0.4, 0.5) is 0 Å². The molecule has 6 nitrogen and oxygen atoms in total. The summed E-state index contributed by atoms with van der Waals surface area (Å²) in [6.45, 7) is 1.27. The van der Waals surface area contributed by atoms with Crippen LogP contribution >= 0.6 is 0 Å². The zero-order valence-electron chi connectivity index (χ0n) is 17.6. The number of aromatic amines is 1. The molecule has 0 unspecified atom stereocenters. The minimum Gasteiger partial charge on any atom is -0.472 e. The van der Waals surface area contributed by atoms with Gasteiger partial charge in [0.25, 0.3) is 0 Å². The maximum atomic E-state index is 12.7. The summed E-state index contributed by atoms with van der Waals surface area (Å²) in [4.78, 5) is 26.6. The van der Waals surface area contributed by atoms with Crippen molar-refractivity contribution in [3.63, 3.8) is 0 Å². The van der Waals surface area contributed by atoms with Crippen molar-refractivity contribution in [2.24, 2.45) is 0 Å². The molecule has 1 aliphatic rings. The van der Waals surface area contributed by atoms with Gasteiger partial charge < -0.3 is 14.6 Å². The zero-order valence-corrected chi connectivity index (χ0v) is 17.6. The van der Waals surface area contributed by atoms with E-state index in [9.17, 15) is 4.79 Å². The van der Waals surface area contributed by atoms with Crippen molar-refractivity contribution in [1.82, 2.24) is 19.9 Å². The number of ether oxygens (including phenoxy) is 1. The lowest BCUT2D eigenvalue weighted by atomic mass is 10.1. The van der Waals surface area contributed by atoms with Gasteiger partial charge >= 0.3 is 0 Å². The van der Waals surface area contributed by atoms with E-state index in [4.69, 9.17) is 4.74 Å². The molecule has 3 heterocycles. The van der Waals surface area contributed by atoms with Gasteiger partial charge in [0.2, 0.25) is 11.8 Å². The summed E-state index contributed by atoms with van der Waals surface area (Å²) in [7, 11) is 0. The van der Waals surface area contributed by atoms with Crippen LogP contribution in [0.1, 0.15) is 18.4 Å². The topological polar surface area (TPSA) is 71.1 Å². The molecule has 4 aromatic rings. The maximum absolute atomic E-state index is 12.7. The number of benzene rings is 2. The fourth-order valence-corrected chi connectivity index (χ4v) is 4.10. The summed E-state index contributed by atoms with van der Waals surface area (Å²) in [6.07, 6.45) is 8.59. The summed E-state index contributed by atoms with van der Waals surface area (Å²) < 4.78 is 6.34. The minimum absolute atomic E-state index is 0.00149. The molecule has 0 aliphatic carbocycles. The number of carbonyl (C=O) groups excluding carboxylic acids is 1. The first kappa shape index (κ1) is 20.0. The molecule has 6 heteroatoms. The Morgan fingerprint density at radius 3 is 2.66 bits per heavy atom. The van der Waals surface area contributed by atoms with E-state index >= 15 is 0 Å². The Morgan fingerprint density at radius 2 is 1.84 bits per heavy atom. The van der Waals surface area contributed by atoms with Crippen LogP contribution in [-0.4, -0.2) is 45.0 Å². The Morgan fingerprint density at radius 1 is 1.06 bits per heavy atom. The lowest BCUT2D eigenvalue weighted by Crippen LogP contribution is -2.43. The second-order valence-corrected chi connectivity index (χ2v) is 7.88. The Labute approximate surface area is 186 Å². The van der Waals surface area contributed by atoms with Crippen LogP contribution in [0.25, 0.3) is 28.2 Å². The summed E-state index contributed by atoms with van der Waals surface area (Å²) >= 11 is 0. The summed E-state index contributed by atoms with van der Waals surface area (Å²) in [6, 6.07) is 20.0. The van der Waals surface area contributed by atoms with Gasteiger partial charge in [0.05, 0.1) is 11.9 Å². The number of aromatic nitrogens is 3. The number of nitrogens with one attached hydrogen (secondary N) is 1. The molecular weight excluding hydrogens is 400 g/mol. The predicted octanol–water partition coefficient (Wildman–Crippen LogP) is 4.71. The third kappa shape index (κ3) is 4.25. The molecule has 0 saturated carbocycles. The second kappa shape index (κ2) is 9.06. The number of fused-ring (bicyclic) bond motifs is 1. The predicted molar refractivity (Wildman–Crippen MR) is 125 cm³/mol. The first-order valence-electron chi connectivity index (χ1n) is 10.8. The van der Waals surface area contributed by atoms with E-state index in [2.05, 4.69) is 27.1 Å². The van der Waals surface area contributed by atoms with Crippen LogP contribution in [0, 0.1) is 0 Å². The number of piperidine rings is 1. The fraction of sp³-hybridized carbons (Fsp3) is 0.192. The smallest absolute Gasteiger partial charge is 0.246 e. The van der Waals surface area contributed by atoms with Crippen LogP contribution in [0.3, 0.4) is 0 Å². The lowest BCUT2D eigenvalue weighted by Gasteiger charge is -2.32. The molecule has 32 heavy (non-hydrogen) atoms.